The van der Waals surface area contributed by atoms with Crippen molar-refractivity contribution in [1.29, 1.82) is 0 Å². The lowest BCUT2D eigenvalue weighted by Gasteiger charge is -2.22. The van der Waals surface area contributed by atoms with Crippen molar-refractivity contribution < 1.29 is 9.59 Å². The fourth-order valence-electron chi connectivity index (χ4n) is 4.27. The van der Waals surface area contributed by atoms with Crippen LogP contribution < -0.4 is 10.6 Å². The van der Waals surface area contributed by atoms with Gasteiger partial charge in [0.1, 0.15) is 11.6 Å². The van der Waals surface area contributed by atoms with E-state index in [0.717, 1.165) is 49.6 Å². The summed E-state index contributed by atoms with van der Waals surface area (Å²) in [4.78, 5) is 31.7. The van der Waals surface area contributed by atoms with Crippen molar-refractivity contribution in [3.8, 4) is 0 Å². The van der Waals surface area contributed by atoms with E-state index in [1.807, 2.05) is 56.8 Å². The first-order chi connectivity index (χ1) is 15.3. The van der Waals surface area contributed by atoms with Gasteiger partial charge in [-0.1, -0.05) is 29.8 Å². The van der Waals surface area contributed by atoms with Crippen LogP contribution in [0, 0.1) is 26.7 Å². The van der Waals surface area contributed by atoms with E-state index in [4.69, 9.17) is 0 Å². The second-order valence-corrected chi connectivity index (χ2v) is 9.00. The van der Waals surface area contributed by atoms with Gasteiger partial charge in [0.2, 0.25) is 11.8 Å². The number of likely N-dealkylation sites (N-methyl/N-ethyl adjacent to an activating group) is 1. The van der Waals surface area contributed by atoms with E-state index < -0.39 is 0 Å². The Kier molecular flexibility index (Phi) is 8.39. The zero-order chi connectivity index (χ0) is 23.1. The molecule has 8 heteroatoms. The van der Waals surface area contributed by atoms with Crippen molar-refractivity contribution in [3.05, 3.63) is 47.0 Å². The molecule has 2 heterocycles. The molecule has 1 saturated heterocycles. The Labute approximate surface area is 190 Å². The van der Waals surface area contributed by atoms with Crippen molar-refractivity contribution in [2.24, 2.45) is 5.92 Å². The average molecular weight is 441 g/mol. The van der Waals surface area contributed by atoms with Gasteiger partial charge in [-0.3, -0.25) is 14.3 Å². The highest BCUT2D eigenvalue weighted by Gasteiger charge is 2.27. The zero-order valence-corrected chi connectivity index (χ0v) is 19.7. The molecule has 1 aliphatic rings. The van der Waals surface area contributed by atoms with E-state index in [0.29, 0.717) is 19.5 Å². The summed E-state index contributed by atoms with van der Waals surface area (Å²) in [7, 11) is 2.01. The molecule has 0 radical (unpaired) electrons. The summed E-state index contributed by atoms with van der Waals surface area (Å²) in [5.41, 5.74) is 2.20. The highest BCUT2D eigenvalue weighted by molar-refractivity contribution is 5.79. The molecule has 1 fully saturated rings. The predicted molar refractivity (Wildman–Crippen MR) is 124 cm³/mol. The summed E-state index contributed by atoms with van der Waals surface area (Å²) < 4.78 is 1.88. The Morgan fingerprint density at radius 1 is 1.09 bits per heavy atom. The number of carbonyl (C=O) groups is 2. The molecule has 1 aromatic heterocycles. The van der Waals surface area contributed by atoms with Gasteiger partial charge in [0.25, 0.3) is 0 Å². The van der Waals surface area contributed by atoms with Gasteiger partial charge in [-0.05, 0) is 52.6 Å². The third kappa shape index (κ3) is 7.15. The maximum Gasteiger partial charge on any atom is 0.224 e. The van der Waals surface area contributed by atoms with Crippen LogP contribution in [0.1, 0.15) is 42.0 Å². The van der Waals surface area contributed by atoms with Crippen LogP contribution >= 0.6 is 0 Å². The standard InChI is InChI=1S/C24H36N6O2/c1-17-6-8-20(9-7-17)14-23(31)27-22-11-10-21(15-29(4)16-22)24(32)25-12-5-13-30-19(3)26-18(2)28-30/h6-9,21-22H,5,10-16H2,1-4H3,(H,25,32)(H,27,31)/t21-,22+/m1/s1. The number of aromatic nitrogens is 3. The molecule has 2 amide bonds. The summed E-state index contributed by atoms with van der Waals surface area (Å²) in [5.74, 6) is 1.74. The van der Waals surface area contributed by atoms with E-state index in [1.54, 1.807) is 0 Å². The molecule has 174 valence electrons. The fourth-order valence-corrected chi connectivity index (χ4v) is 4.27. The molecule has 1 aliphatic heterocycles. The van der Waals surface area contributed by atoms with Gasteiger partial charge in [-0.25, -0.2) is 4.98 Å². The van der Waals surface area contributed by atoms with Gasteiger partial charge < -0.3 is 15.5 Å². The quantitative estimate of drug-likeness (QED) is 0.611. The smallest absolute Gasteiger partial charge is 0.224 e. The van der Waals surface area contributed by atoms with Crippen molar-refractivity contribution in [2.75, 3.05) is 26.7 Å². The van der Waals surface area contributed by atoms with Gasteiger partial charge in [-0.2, -0.15) is 5.10 Å². The number of likely N-dealkylation sites (tertiary alicyclic amines) is 1. The third-order valence-electron chi connectivity index (χ3n) is 5.96. The van der Waals surface area contributed by atoms with Crippen molar-refractivity contribution in [1.82, 2.24) is 30.3 Å². The maximum absolute atomic E-state index is 12.7. The summed E-state index contributed by atoms with van der Waals surface area (Å²) in [6.45, 7) is 8.69. The molecule has 0 saturated carbocycles. The van der Waals surface area contributed by atoms with Gasteiger partial charge in [0, 0.05) is 32.2 Å². The van der Waals surface area contributed by atoms with E-state index in [1.165, 1.54) is 5.56 Å². The van der Waals surface area contributed by atoms with E-state index in [2.05, 4.69) is 25.6 Å². The number of rotatable bonds is 8. The molecule has 2 atom stereocenters. The Morgan fingerprint density at radius 2 is 1.84 bits per heavy atom. The van der Waals surface area contributed by atoms with Gasteiger partial charge in [0.05, 0.1) is 12.3 Å². The normalized spacial score (nSPS) is 19.4. The molecule has 2 aromatic rings. The molecule has 32 heavy (non-hydrogen) atoms. The molecule has 3 rings (SSSR count). The SMILES string of the molecule is Cc1ccc(CC(=O)N[C@H]2CC[C@@H](C(=O)NCCCn3nc(C)nc3C)CN(C)C2)cc1. The minimum atomic E-state index is -0.0608. The largest absolute Gasteiger partial charge is 0.356 e. The second-order valence-electron chi connectivity index (χ2n) is 9.00. The number of nitrogens with one attached hydrogen (secondary N) is 2. The van der Waals surface area contributed by atoms with Crippen LogP contribution in [0.5, 0.6) is 0 Å². The van der Waals surface area contributed by atoms with Gasteiger partial charge in [0.15, 0.2) is 0 Å². The number of nitrogens with zero attached hydrogens (tertiary/aromatic N) is 4. The number of hydrogen-bond acceptors (Lipinski definition) is 5. The zero-order valence-electron chi connectivity index (χ0n) is 19.7. The first-order valence-corrected chi connectivity index (χ1v) is 11.5. The number of benzene rings is 1. The molecular formula is C24H36N6O2. The lowest BCUT2D eigenvalue weighted by atomic mass is 10.0. The van der Waals surface area contributed by atoms with Gasteiger partial charge in [-0.15, -0.1) is 0 Å². The molecular weight excluding hydrogens is 404 g/mol. The first-order valence-electron chi connectivity index (χ1n) is 11.5. The van der Waals surface area contributed by atoms with Crippen LogP contribution in [-0.4, -0.2) is 64.2 Å². The molecule has 0 bridgehead atoms. The third-order valence-corrected chi connectivity index (χ3v) is 5.96. The Balaban J connectivity index is 1.41. The van der Waals surface area contributed by atoms with Crippen LogP contribution in [0.2, 0.25) is 0 Å². The van der Waals surface area contributed by atoms with Crippen LogP contribution in [0.4, 0.5) is 0 Å². The molecule has 0 spiro atoms. The molecule has 8 nitrogen and oxygen atoms in total. The second kappa shape index (κ2) is 11.2. The first kappa shape index (κ1) is 23.9. The number of amides is 2. The summed E-state index contributed by atoms with van der Waals surface area (Å²) in [6, 6.07) is 8.12. The van der Waals surface area contributed by atoms with Crippen molar-refractivity contribution in [2.45, 2.75) is 59.0 Å². The van der Waals surface area contributed by atoms with Crippen LogP contribution in [0.25, 0.3) is 0 Å². The van der Waals surface area contributed by atoms with E-state index >= 15 is 0 Å². The van der Waals surface area contributed by atoms with Crippen molar-refractivity contribution in [3.63, 3.8) is 0 Å². The molecule has 2 N–H and O–H groups in total. The van der Waals surface area contributed by atoms with Crippen LogP contribution in [-0.2, 0) is 22.6 Å². The number of carbonyl (C=O) groups excluding carboxylic acids is 2. The van der Waals surface area contributed by atoms with Gasteiger partial charge >= 0.3 is 0 Å². The Hall–Kier alpha value is -2.74. The van der Waals surface area contributed by atoms with Crippen molar-refractivity contribution >= 4 is 11.8 Å². The van der Waals surface area contributed by atoms with Crippen LogP contribution in [0.3, 0.4) is 0 Å². The van der Waals surface area contributed by atoms with E-state index in [9.17, 15) is 9.59 Å². The highest BCUT2D eigenvalue weighted by atomic mass is 16.2. The lowest BCUT2D eigenvalue weighted by molar-refractivity contribution is -0.125. The topological polar surface area (TPSA) is 92.2 Å². The minimum Gasteiger partial charge on any atom is -0.356 e. The predicted octanol–water partition coefficient (Wildman–Crippen LogP) is 1.78. The van der Waals surface area contributed by atoms with Crippen LogP contribution in [0.15, 0.2) is 24.3 Å². The monoisotopic (exact) mass is 440 g/mol. The molecule has 1 aromatic carbocycles. The highest BCUT2D eigenvalue weighted by Crippen LogP contribution is 2.17. The number of hydrogen-bond donors (Lipinski definition) is 2. The summed E-state index contributed by atoms with van der Waals surface area (Å²) >= 11 is 0. The molecule has 0 aliphatic carbocycles. The average Bonchev–Trinajstić information content (AvgIpc) is 2.94. The Morgan fingerprint density at radius 3 is 2.53 bits per heavy atom. The fraction of sp³-hybridized carbons (Fsp3) is 0.583. The lowest BCUT2D eigenvalue weighted by Crippen LogP contribution is -2.42. The summed E-state index contributed by atoms with van der Waals surface area (Å²) in [5, 5.41) is 10.6. The minimum absolute atomic E-state index is 0.0359. The summed E-state index contributed by atoms with van der Waals surface area (Å²) in [6.07, 6.45) is 2.78. The Bertz CT molecular complexity index is 908. The van der Waals surface area contributed by atoms with E-state index in [-0.39, 0.29) is 23.8 Å². The molecule has 0 unspecified atom stereocenters. The number of aryl methyl sites for hydroxylation is 4. The maximum atomic E-state index is 12.7.